The molecule has 4 heteroatoms. The van der Waals surface area contributed by atoms with E-state index in [0.717, 1.165) is 40.1 Å². The number of nitrogens with zero attached hydrogens (tertiary/aromatic N) is 3. The van der Waals surface area contributed by atoms with Crippen LogP contribution >= 0.6 is 0 Å². The number of nitrogens with two attached hydrogens (primary N) is 1. The molecule has 0 aliphatic carbocycles. The van der Waals surface area contributed by atoms with E-state index in [2.05, 4.69) is 47.3 Å². The van der Waals surface area contributed by atoms with Crippen LogP contribution in [0, 0.1) is 0 Å². The molecule has 22 heavy (non-hydrogen) atoms. The van der Waals surface area contributed by atoms with Crippen molar-refractivity contribution in [1.82, 2.24) is 14.6 Å². The van der Waals surface area contributed by atoms with Crippen LogP contribution in [0.25, 0.3) is 27.7 Å². The first kappa shape index (κ1) is 12.8. The first-order chi connectivity index (χ1) is 10.8. The van der Waals surface area contributed by atoms with Crippen LogP contribution < -0.4 is 5.73 Å². The fourth-order valence-corrected chi connectivity index (χ4v) is 2.86. The highest BCUT2D eigenvalue weighted by molar-refractivity contribution is 5.97. The summed E-state index contributed by atoms with van der Waals surface area (Å²) < 4.78 is 1.89. The number of benzene rings is 2. The molecular formula is C18H16N4. The molecule has 2 heterocycles. The molecule has 2 N–H and O–H groups in total. The SMILES string of the molecule is CCc1cc(-c2cccc3cc(N)ccc23)n2nccc2n1. The summed E-state index contributed by atoms with van der Waals surface area (Å²) in [5.74, 6) is 0. The zero-order valence-corrected chi connectivity index (χ0v) is 12.3. The number of hydrogen-bond acceptors (Lipinski definition) is 3. The first-order valence-electron chi connectivity index (χ1n) is 7.38. The molecular weight excluding hydrogens is 272 g/mol. The summed E-state index contributed by atoms with van der Waals surface area (Å²) in [5, 5.41) is 6.72. The fraction of sp³-hybridized carbons (Fsp3) is 0.111. The fourth-order valence-electron chi connectivity index (χ4n) is 2.86. The van der Waals surface area contributed by atoms with E-state index in [1.165, 1.54) is 5.39 Å². The number of hydrogen-bond donors (Lipinski definition) is 1. The number of fused-ring (bicyclic) bond motifs is 2. The normalized spacial score (nSPS) is 11.3. The van der Waals surface area contributed by atoms with Gasteiger partial charge in [-0.25, -0.2) is 9.50 Å². The van der Waals surface area contributed by atoms with Crippen LogP contribution in [0.15, 0.2) is 54.7 Å². The second-order valence-corrected chi connectivity index (χ2v) is 5.37. The minimum atomic E-state index is 0.776. The molecule has 0 amide bonds. The molecule has 0 fully saturated rings. The molecule has 4 nitrogen and oxygen atoms in total. The van der Waals surface area contributed by atoms with Gasteiger partial charge in [0.1, 0.15) is 0 Å². The Bertz CT molecular complexity index is 985. The number of rotatable bonds is 2. The maximum absolute atomic E-state index is 5.90. The van der Waals surface area contributed by atoms with Crippen molar-refractivity contribution >= 4 is 22.1 Å². The van der Waals surface area contributed by atoms with Crippen molar-refractivity contribution in [3.05, 3.63) is 60.4 Å². The number of nitrogen functional groups attached to an aromatic ring is 1. The van der Waals surface area contributed by atoms with E-state index in [-0.39, 0.29) is 0 Å². The van der Waals surface area contributed by atoms with Gasteiger partial charge in [-0.15, -0.1) is 0 Å². The molecule has 0 aliphatic rings. The summed E-state index contributed by atoms with van der Waals surface area (Å²) in [6.45, 7) is 2.11. The van der Waals surface area contributed by atoms with E-state index in [0.29, 0.717) is 0 Å². The Morgan fingerprint density at radius 3 is 2.86 bits per heavy atom. The van der Waals surface area contributed by atoms with Gasteiger partial charge in [-0.05, 0) is 35.4 Å². The second-order valence-electron chi connectivity index (χ2n) is 5.37. The summed E-state index contributed by atoms with van der Waals surface area (Å²) in [6.07, 6.45) is 2.68. The van der Waals surface area contributed by atoms with Gasteiger partial charge in [0.15, 0.2) is 5.65 Å². The van der Waals surface area contributed by atoms with Crippen LogP contribution in [0.2, 0.25) is 0 Å². The highest BCUT2D eigenvalue weighted by atomic mass is 15.2. The van der Waals surface area contributed by atoms with Crippen molar-refractivity contribution < 1.29 is 0 Å². The molecule has 0 aliphatic heterocycles. The van der Waals surface area contributed by atoms with Crippen molar-refractivity contribution in [3.8, 4) is 11.3 Å². The van der Waals surface area contributed by atoms with Gasteiger partial charge >= 0.3 is 0 Å². The predicted octanol–water partition coefficient (Wildman–Crippen LogP) is 3.69. The van der Waals surface area contributed by atoms with Crippen molar-refractivity contribution in [2.75, 3.05) is 5.73 Å². The lowest BCUT2D eigenvalue weighted by molar-refractivity contribution is 0.921. The smallest absolute Gasteiger partial charge is 0.155 e. The lowest BCUT2D eigenvalue weighted by atomic mass is 10.0. The topological polar surface area (TPSA) is 56.2 Å². The molecule has 0 saturated heterocycles. The van der Waals surface area contributed by atoms with Crippen molar-refractivity contribution in [3.63, 3.8) is 0 Å². The largest absolute Gasteiger partial charge is 0.399 e. The molecule has 0 saturated carbocycles. The zero-order valence-electron chi connectivity index (χ0n) is 12.3. The highest BCUT2D eigenvalue weighted by Gasteiger charge is 2.11. The standard InChI is InChI=1S/C18H16N4/c1-2-14-11-17(22-18(21-14)8-9-20-22)16-5-3-4-12-10-13(19)6-7-15(12)16/h3-11H,2,19H2,1H3. The molecule has 0 radical (unpaired) electrons. The van der Waals surface area contributed by atoms with Crippen LogP contribution in [-0.4, -0.2) is 14.6 Å². The Hall–Kier alpha value is -2.88. The summed E-state index contributed by atoms with van der Waals surface area (Å²) in [4.78, 5) is 4.61. The number of aryl methyl sites for hydroxylation is 1. The molecule has 0 spiro atoms. The Morgan fingerprint density at radius 2 is 2.00 bits per heavy atom. The van der Waals surface area contributed by atoms with Crippen molar-refractivity contribution in [1.29, 1.82) is 0 Å². The van der Waals surface area contributed by atoms with Gasteiger partial charge in [-0.3, -0.25) is 0 Å². The van der Waals surface area contributed by atoms with Gasteiger partial charge in [0.05, 0.1) is 11.9 Å². The molecule has 2 aromatic carbocycles. The Balaban J connectivity index is 2.09. The van der Waals surface area contributed by atoms with Crippen LogP contribution in [0.1, 0.15) is 12.6 Å². The van der Waals surface area contributed by atoms with Gasteiger partial charge in [-0.1, -0.05) is 31.2 Å². The zero-order chi connectivity index (χ0) is 15.1. The lowest BCUT2D eigenvalue weighted by Gasteiger charge is -2.11. The van der Waals surface area contributed by atoms with Gasteiger partial charge < -0.3 is 5.73 Å². The lowest BCUT2D eigenvalue weighted by Crippen LogP contribution is -2.00. The molecule has 4 aromatic rings. The van der Waals surface area contributed by atoms with Crippen LogP contribution in [-0.2, 0) is 6.42 Å². The van der Waals surface area contributed by atoms with Crippen LogP contribution in [0.3, 0.4) is 0 Å². The molecule has 0 bridgehead atoms. The first-order valence-corrected chi connectivity index (χ1v) is 7.38. The third-order valence-electron chi connectivity index (χ3n) is 3.96. The van der Waals surface area contributed by atoms with E-state index < -0.39 is 0 Å². The minimum absolute atomic E-state index is 0.776. The van der Waals surface area contributed by atoms with Gasteiger partial charge in [-0.2, -0.15) is 5.10 Å². The quantitative estimate of drug-likeness (QED) is 0.572. The highest BCUT2D eigenvalue weighted by Crippen LogP contribution is 2.30. The average molecular weight is 288 g/mol. The maximum Gasteiger partial charge on any atom is 0.155 e. The van der Waals surface area contributed by atoms with E-state index in [4.69, 9.17) is 5.73 Å². The van der Waals surface area contributed by atoms with E-state index >= 15 is 0 Å². The molecule has 2 aromatic heterocycles. The minimum Gasteiger partial charge on any atom is -0.399 e. The molecule has 0 atom stereocenters. The van der Waals surface area contributed by atoms with Gasteiger partial charge in [0.25, 0.3) is 0 Å². The third-order valence-corrected chi connectivity index (χ3v) is 3.96. The number of aromatic nitrogens is 3. The second kappa shape index (κ2) is 4.84. The number of anilines is 1. The Labute approximate surface area is 128 Å². The third kappa shape index (κ3) is 1.92. The van der Waals surface area contributed by atoms with Crippen molar-refractivity contribution in [2.45, 2.75) is 13.3 Å². The van der Waals surface area contributed by atoms with Crippen LogP contribution in [0.5, 0.6) is 0 Å². The maximum atomic E-state index is 5.90. The molecule has 0 unspecified atom stereocenters. The Morgan fingerprint density at radius 1 is 1.09 bits per heavy atom. The van der Waals surface area contributed by atoms with E-state index in [1.54, 1.807) is 6.20 Å². The summed E-state index contributed by atoms with van der Waals surface area (Å²) in [5.41, 5.74) is 10.8. The van der Waals surface area contributed by atoms with Crippen LogP contribution in [0.4, 0.5) is 5.69 Å². The Kier molecular flexibility index (Phi) is 2.82. The van der Waals surface area contributed by atoms with E-state index in [9.17, 15) is 0 Å². The average Bonchev–Trinajstić information content (AvgIpc) is 3.01. The summed E-state index contributed by atoms with van der Waals surface area (Å²) in [6, 6.07) is 16.3. The van der Waals surface area contributed by atoms with E-state index in [1.807, 2.05) is 22.7 Å². The molecule has 108 valence electrons. The summed E-state index contributed by atoms with van der Waals surface area (Å²) in [7, 11) is 0. The monoisotopic (exact) mass is 288 g/mol. The van der Waals surface area contributed by atoms with Crippen molar-refractivity contribution in [2.24, 2.45) is 0 Å². The predicted molar refractivity (Wildman–Crippen MR) is 89.7 cm³/mol. The molecule has 4 rings (SSSR count). The van der Waals surface area contributed by atoms with Gasteiger partial charge in [0, 0.05) is 23.0 Å². The summed E-state index contributed by atoms with van der Waals surface area (Å²) >= 11 is 0. The van der Waals surface area contributed by atoms with Gasteiger partial charge in [0.2, 0.25) is 0 Å².